The van der Waals surface area contributed by atoms with E-state index < -0.39 is 6.10 Å². The van der Waals surface area contributed by atoms with Crippen molar-refractivity contribution in [3.05, 3.63) is 28.2 Å². The third-order valence-corrected chi connectivity index (χ3v) is 4.63. The quantitative estimate of drug-likeness (QED) is 0.725. The number of amides is 1. The van der Waals surface area contributed by atoms with Gasteiger partial charge in [-0.3, -0.25) is 10.1 Å². The molecule has 1 aromatic rings. The van der Waals surface area contributed by atoms with E-state index in [4.69, 9.17) is 27.9 Å². The van der Waals surface area contributed by atoms with Gasteiger partial charge < -0.3 is 15.2 Å². The van der Waals surface area contributed by atoms with Gasteiger partial charge in [0.15, 0.2) is 0 Å². The van der Waals surface area contributed by atoms with Crippen molar-refractivity contribution in [3.63, 3.8) is 0 Å². The molecular formula is C13H16Cl2N2O3S. The van der Waals surface area contributed by atoms with E-state index in [9.17, 15) is 9.90 Å². The first-order valence-electron chi connectivity index (χ1n) is 6.41. The topological polar surface area (TPSA) is 70.6 Å². The number of aliphatic hydroxyl groups excluding tert-OH is 1. The maximum atomic E-state index is 11.7. The summed E-state index contributed by atoms with van der Waals surface area (Å²) in [5.74, 6) is 1.82. The lowest BCUT2D eigenvalue weighted by molar-refractivity contribution is -0.122. The van der Waals surface area contributed by atoms with E-state index in [0.717, 1.165) is 11.6 Å². The fourth-order valence-electron chi connectivity index (χ4n) is 1.75. The summed E-state index contributed by atoms with van der Waals surface area (Å²) in [6.45, 7) is 0.146. The van der Waals surface area contributed by atoms with Crippen LogP contribution in [0.25, 0.3) is 0 Å². The van der Waals surface area contributed by atoms with Crippen LogP contribution in [0.2, 0.25) is 10.0 Å². The van der Waals surface area contributed by atoms with E-state index in [-0.39, 0.29) is 25.1 Å². The first-order valence-corrected chi connectivity index (χ1v) is 8.32. The summed E-state index contributed by atoms with van der Waals surface area (Å²) < 4.78 is 5.40. The summed E-state index contributed by atoms with van der Waals surface area (Å²) in [4.78, 5) is 11.7. The van der Waals surface area contributed by atoms with Crippen LogP contribution in [0.3, 0.4) is 0 Å². The van der Waals surface area contributed by atoms with Crippen LogP contribution in [-0.4, -0.2) is 47.9 Å². The average molecular weight is 351 g/mol. The Hall–Kier alpha value is -0.660. The highest BCUT2D eigenvalue weighted by Gasteiger charge is 2.22. The first kappa shape index (κ1) is 16.7. The molecular weight excluding hydrogens is 335 g/mol. The van der Waals surface area contributed by atoms with Gasteiger partial charge in [-0.1, -0.05) is 29.3 Å². The molecule has 1 aromatic carbocycles. The summed E-state index contributed by atoms with van der Waals surface area (Å²) in [6.07, 6.45) is -0.821. The van der Waals surface area contributed by atoms with Crippen LogP contribution in [0.5, 0.6) is 5.75 Å². The highest BCUT2D eigenvalue weighted by Crippen LogP contribution is 2.31. The van der Waals surface area contributed by atoms with Gasteiger partial charge in [-0.05, 0) is 12.1 Å². The number of ether oxygens (including phenoxy) is 1. The zero-order valence-electron chi connectivity index (χ0n) is 11.1. The van der Waals surface area contributed by atoms with Crippen LogP contribution >= 0.6 is 35.0 Å². The van der Waals surface area contributed by atoms with Gasteiger partial charge in [-0.2, -0.15) is 0 Å². The van der Waals surface area contributed by atoms with Crippen LogP contribution in [0.4, 0.5) is 0 Å². The Balaban J connectivity index is 1.73. The molecule has 0 bridgehead atoms. The van der Waals surface area contributed by atoms with Crippen molar-refractivity contribution >= 4 is 40.9 Å². The molecule has 0 radical (unpaired) electrons. The molecule has 1 fully saturated rings. The van der Waals surface area contributed by atoms with E-state index in [1.807, 2.05) is 0 Å². The fraction of sp³-hybridized carbons (Fsp3) is 0.462. The van der Waals surface area contributed by atoms with Crippen LogP contribution in [0, 0.1) is 0 Å². The van der Waals surface area contributed by atoms with E-state index in [1.165, 1.54) is 0 Å². The predicted molar refractivity (Wildman–Crippen MR) is 85.2 cm³/mol. The number of rotatable bonds is 6. The number of halogens is 2. The third-order valence-electron chi connectivity index (χ3n) is 2.89. The zero-order chi connectivity index (χ0) is 15.2. The van der Waals surface area contributed by atoms with Crippen molar-refractivity contribution in [1.82, 2.24) is 10.6 Å². The summed E-state index contributed by atoms with van der Waals surface area (Å²) in [6, 6.07) is 4.84. The van der Waals surface area contributed by atoms with Crippen molar-refractivity contribution in [1.29, 1.82) is 0 Å². The molecule has 2 atom stereocenters. The molecule has 1 amide bonds. The molecule has 5 nitrogen and oxygen atoms in total. The molecule has 0 spiro atoms. The minimum Gasteiger partial charge on any atom is -0.489 e. The van der Waals surface area contributed by atoms with Gasteiger partial charge >= 0.3 is 0 Å². The lowest BCUT2D eigenvalue weighted by Gasteiger charge is -2.16. The minimum atomic E-state index is -0.821. The first-order chi connectivity index (χ1) is 10.1. The SMILES string of the molecule is O=C(NC[C@H](O)COc1cccc(Cl)c1Cl)[C@@H]1CSCN1. The van der Waals surface area contributed by atoms with Crippen LogP contribution in [0.1, 0.15) is 0 Å². The van der Waals surface area contributed by atoms with Crippen molar-refractivity contribution in [2.45, 2.75) is 12.1 Å². The summed E-state index contributed by atoms with van der Waals surface area (Å²) in [5.41, 5.74) is 0. The third kappa shape index (κ3) is 4.93. The smallest absolute Gasteiger partial charge is 0.238 e. The number of nitrogens with one attached hydrogen (secondary N) is 2. The van der Waals surface area contributed by atoms with Crippen LogP contribution in [0.15, 0.2) is 18.2 Å². The second-order valence-corrected chi connectivity index (χ2v) is 6.35. The fourth-order valence-corrected chi connectivity index (χ4v) is 3.03. The zero-order valence-corrected chi connectivity index (χ0v) is 13.5. The highest BCUT2D eigenvalue weighted by molar-refractivity contribution is 7.99. The van der Waals surface area contributed by atoms with Gasteiger partial charge in [0.1, 0.15) is 23.5 Å². The standard InChI is InChI=1S/C13H16Cl2N2O3S/c14-9-2-1-3-11(12(9)15)20-5-8(18)4-16-13(19)10-6-21-7-17-10/h1-3,8,10,17-18H,4-7H2,(H,16,19)/t8-,10-/m0/s1. The largest absolute Gasteiger partial charge is 0.489 e. The molecule has 1 saturated heterocycles. The lowest BCUT2D eigenvalue weighted by Crippen LogP contribution is -2.45. The number of carbonyl (C=O) groups is 1. The van der Waals surface area contributed by atoms with Crippen LogP contribution in [-0.2, 0) is 4.79 Å². The molecule has 1 aliphatic rings. The van der Waals surface area contributed by atoms with Gasteiger partial charge in [0.05, 0.1) is 11.1 Å². The Morgan fingerprint density at radius 2 is 2.38 bits per heavy atom. The molecule has 3 N–H and O–H groups in total. The van der Waals surface area contributed by atoms with Gasteiger partial charge in [0.25, 0.3) is 0 Å². The molecule has 1 aliphatic heterocycles. The Morgan fingerprint density at radius 1 is 1.57 bits per heavy atom. The molecule has 1 heterocycles. The molecule has 21 heavy (non-hydrogen) atoms. The molecule has 116 valence electrons. The van der Waals surface area contributed by atoms with Crippen molar-refractivity contribution in [2.75, 3.05) is 24.8 Å². The number of hydrogen-bond acceptors (Lipinski definition) is 5. The normalized spacial score (nSPS) is 19.3. The molecule has 0 aromatic heterocycles. The number of thioether (sulfide) groups is 1. The predicted octanol–water partition coefficient (Wildman–Crippen LogP) is 1.51. The Morgan fingerprint density at radius 3 is 3.10 bits per heavy atom. The van der Waals surface area contributed by atoms with Crippen molar-refractivity contribution < 1.29 is 14.6 Å². The average Bonchev–Trinajstić information content (AvgIpc) is 3.00. The van der Waals surface area contributed by atoms with Gasteiger partial charge in [-0.15, -0.1) is 11.8 Å². The number of hydrogen-bond donors (Lipinski definition) is 3. The molecule has 0 unspecified atom stereocenters. The summed E-state index contributed by atoms with van der Waals surface area (Å²) in [7, 11) is 0. The second kappa shape index (κ2) is 8.10. The minimum absolute atomic E-state index is 0.0210. The van der Waals surface area contributed by atoms with Gasteiger partial charge in [0.2, 0.25) is 5.91 Å². The van der Waals surface area contributed by atoms with Crippen molar-refractivity contribution in [3.8, 4) is 5.75 Å². The molecule has 0 saturated carbocycles. The Kier molecular flexibility index (Phi) is 6.44. The Bertz CT molecular complexity index is 498. The summed E-state index contributed by atoms with van der Waals surface area (Å²) in [5, 5.41) is 16.3. The maximum Gasteiger partial charge on any atom is 0.238 e. The molecule has 2 rings (SSSR count). The number of benzene rings is 1. The van der Waals surface area contributed by atoms with E-state index in [2.05, 4.69) is 10.6 Å². The maximum absolute atomic E-state index is 11.7. The van der Waals surface area contributed by atoms with Gasteiger partial charge in [0, 0.05) is 18.2 Å². The molecule has 0 aliphatic carbocycles. The van der Waals surface area contributed by atoms with Crippen molar-refractivity contribution in [2.24, 2.45) is 0 Å². The molecule has 8 heteroatoms. The highest BCUT2D eigenvalue weighted by atomic mass is 35.5. The van der Waals surface area contributed by atoms with Crippen LogP contribution < -0.4 is 15.4 Å². The number of carbonyl (C=O) groups excluding carboxylic acids is 1. The lowest BCUT2D eigenvalue weighted by atomic mass is 10.3. The Labute approximate surface area is 137 Å². The van der Waals surface area contributed by atoms with E-state index >= 15 is 0 Å². The van der Waals surface area contributed by atoms with E-state index in [0.29, 0.717) is 15.8 Å². The second-order valence-electron chi connectivity index (χ2n) is 4.53. The summed E-state index contributed by atoms with van der Waals surface area (Å²) >= 11 is 13.5. The monoisotopic (exact) mass is 350 g/mol. The van der Waals surface area contributed by atoms with Gasteiger partial charge in [-0.25, -0.2) is 0 Å². The number of aliphatic hydroxyl groups is 1. The van der Waals surface area contributed by atoms with E-state index in [1.54, 1.807) is 30.0 Å².